The van der Waals surface area contributed by atoms with Crippen LogP contribution >= 0.6 is 0 Å². The molecule has 0 atom stereocenters. The van der Waals surface area contributed by atoms with Crippen LogP contribution in [0, 0.1) is 0 Å². The Kier molecular flexibility index (Phi) is 5.37. The van der Waals surface area contributed by atoms with Gasteiger partial charge < -0.3 is 6.15 Å². The molecular formula is C9H15NO3S. The van der Waals surface area contributed by atoms with E-state index in [4.69, 9.17) is 4.18 Å². The highest BCUT2D eigenvalue weighted by Gasteiger charge is 2.12. The lowest BCUT2D eigenvalue weighted by Gasteiger charge is -2.02. The third kappa shape index (κ3) is 3.45. The summed E-state index contributed by atoms with van der Waals surface area (Å²) in [5.41, 5.74) is 0. The third-order valence-electron chi connectivity index (χ3n) is 1.47. The van der Waals surface area contributed by atoms with E-state index in [0.29, 0.717) is 6.42 Å². The predicted molar refractivity (Wildman–Crippen MR) is 54.9 cm³/mol. The molecule has 5 heteroatoms. The first-order chi connectivity index (χ1) is 6.17. The summed E-state index contributed by atoms with van der Waals surface area (Å²) in [7, 11) is -3.52. The van der Waals surface area contributed by atoms with Crippen molar-refractivity contribution in [3.63, 3.8) is 0 Å². The minimum Gasteiger partial charge on any atom is -0.344 e. The van der Waals surface area contributed by atoms with Gasteiger partial charge in [-0.2, -0.15) is 8.42 Å². The number of hydrogen-bond donors (Lipinski definition) is 1. The van der Waals surface area contributed by atoms with Gasteiger partial charge in [-0.3, -0.25) is 4.18 Å². The van der Waals surface area contributed by atoms with Gasteiger partial charge in [0.2, 0.25) is 0 Å². The molecule has 0 aromatic heterocycles. The van der Waals surface area contributed by atoms with Crippen LogP contribution in [0.25, 0.3) is 0 Å². The van der Waals surface area contributed by atoms with E-state index in [0.717, 1.165) is 0 Å². The standard InChI is InChI=1S/C9H12O3S.H3N/c1-2-8-12-13(10,11)9-6-4-3-5-7-9;/h3-7H,2,8H2,1H3;1H3. The van der Waals surface area contributed by atoms with Crippen LogP contribution in [0.1, 0.15) is 13.3 Å². The van der Waals surface area contributed by atoms with E-state index >= 15 is 0 Å². The van der Waals surface area contributed by atoms with Gasteiger partial charge in [-0.05, 0) is 18.6 Å². The monoisotopic (exact) mass is 217 g/mol. The van der Waals surface area contributed by atoms with Crippen LogP contribution in [0.3, 0.4) is 0 Å². The fraction of sp³-hybridized carbons (Fsp3) is 0.333. The summed E-state index contributed by atoms with van der Waals surface area (Å²) in [6, 6.07) is 8.14. The van der Waals surface area contributed by atoms with E-state index in [2.05, 4.69) is 0 Å². The van der Waals surface area contributed by atoms with Gasteiger partial charge in [-0.15, -0.1) is 0 Å². The SMILES string of the molecule is CCCOS(=O)(=O)c1ccccc1.N. The molecule has 4 nitrogen and oxygen atoms in total. The van der Waals surface area contributed by atoms with E-state index in [1.807, 2.05) is 6.92 Å². The van der Waals surface area contributed by atoms with Crippen LogP contribution in [0.4, 0.5) is 0 Å². The first-order valence-corrected chi connectivity index (χ1v) is 5.52. The zero-order chi connectivity index (χ0) is 9.73. The van der Waals surface area contributed by atoms with Gasteiger partial charge in [-0.25, -0.2) is 0 Å². The first-order valence-electron chi connectivity index (χ1n) is 4.11. The Labute approximate surface area is 84.6 Å². The minimum atomic E-state index is -3.52. The van der Waals surface area contributed by atoms with Gasteiger partial charge >= 0.3 is 0 Å². The van der Waals surface area contributed by atoms with Crippen molar-refractivity contribution in [3.8, 4) is 0 Å². The van der Waals surface area contributed by atoms with Crippen molar-refractivity contribution in [2.45, 2.75) is 18.2 Å². The maximum absolute atomic E-state index is 11.4. The third-order valence-corrected chi connectivity index (χ3v) is 2.80. The smallest absolute Gasteiger partial charge is 0.296 e. The normalized spacial score (nSPS) is 10.6. The Morgan fingerprint density at radius 2 is 1.79 bits per heavy atom. The molecule has 0 unspecified atom stereocenters. The van der Waals surface area contributed by atoms with Crippen LogP contribution in [-0.2, 0) is 14.3 Å². The fourth-order valence-corrected chi connectivity index (χ4v) is 1.86. The Balaban J connectivity index is 0.00000169. The van der Waals surface area contributed by atoms with Crippen LogP contribution in [0.2, 0.25) is 0 Å². The molecule has 0 amide bonds. The van der Waals surface area contributed by atoms with E-state index in [1.54, 1.807) is 18.2 Å². The molecule has 0 fully saturated rings. The quantitative estimate of drug-likeness (QED) is 0.782. The zero-order valence-electron chi connectivity index (χ0n) is 8.14. The van der Waals surface area contributed by atoms with Gasteiger partial charge in [-0.1, -0.05) is 25.1 Å². The maximum atomic E-state index is 11.4. The topological polar surface area (TPSA) is 78.4 Å². The second-order valence-corrected chi connectivity index (χ2v) is 4.20. The lowest BCUT2D eigenvalue weighted by atomic mass is 10.4. The molecule has 1 rings (SSSR count). The molecule has 0 spiro atoms. The summed E-state index contributed by atoms with van der Waals surface area (Å²) >= 11 is 0. The van der Waals surface area contributed by atoms with E-state index in [1.165, 1.54) is 12.1 Å². The van der Waals surface area contributed by atoms with Crippen LogP contribution < -0.4 is 6.15 Å². The number of rotatable bonds is 4. The van der Waals surface area contributed by atoms with Crippen molar-refractivity contribution < 1.29 is 12.6 Å². The second-order valence-electron chi connectivity index (χ2n) is 2.59. The average Bonchev–Trinajstić information content (AvgIpc) is 2.16. The minimum absolute atomic E-state index is 0. The van der Waals surface area contributed by atoms with Crippen molar-refractivity contribution in [2.75, 3.05) is 6.61 Å². The molecule has 0 aliphatic carbocycles. The molecule has 0 saturated heterocycles. The molecule has 0 aliphatic heterocycles. The first kappa shape index (κ1) is 13.1. The van der Waals surface area contributed by atoms with Gasteiger partial charge in [0.1, 0.15) is 0 Å². The summed E-state index contributed by atoms with van der Waals surface area (Å²) in [6.07, 6.45) is 0.687. The van der Waals surface area contributed by atoms with Crippen molar-refractivity contribution in [3.05, 3.63) is 30.3 Å². The lowest BCUT2D eigenvalue weighted by molar-refractivity contribution is 0.318. The Morgan fingerprint density at radius 3 is 2.29 bits per heavy atom. The van der Waals surface area contributed by atoms with E-state index < -0.39 is 10.1 Å². The Bertz CT molecular complexity index is 348. The zero-order valence-corrected chi connectivity index (χ0v) is 8.96. The summed E-state index contributed by atoms with van der Waals surface area (Å²) in [4.78, 5) is 0.212. The average molecular weight is 217 g/mol. The van der Waals surface area contributed by atoms with Crippen molar-refractivity contribution >= 4 is 10.1 Å². The number of benzene rings is 1. The molecule has 14 heavy (non-hydrogen) atoms. The molecule has 0 radical (unpaired) electrons. The van der Waals surface area contributed by atoms with Gasteiger partial charge in [0.15, 0.2) is 0 Å². The van der Waals surface area contributed by atoms with Crippen LogP contribution in [0.5, 0.6) is 0 Å². The van der Waals surface area contributed by atoms with E-state index in [-0.39, 0.29) is 17.7 Å². The Hall–Kier alpha value is -0.910. The lowest BCUT2D eigenvalue weighted by Crippen LogP contribution is -2.06. The number of hydrogen-bond acceptors (Lipinski definition) is 4. The van der Waals surface area contributed by atoms with Crippen molar-refractivity contribution in [1.82, 2.24) is 6.15 Å². The molecule has 1 aromatic rings. The van der Waals surface area contributed by atoms with Crippen LogP contribution in [0.15, 0.2) is 35.2 Å². The molecule has 0 heterocycles. The predicted octanol–water partition coefficient (Wildman–Crippen LogP) is 1.96. The van der Waals surface area contributed by atoms with Gasteiger partial charge in [0.25, 0.3) is 10.1 Å². The fourth-order valence-electron chi connectivity index (χ4n) is 0.848. The summed E-state index contributed by atoms with van der Waals surface area (Å²) in [5, 5.41) is 0. The molecule has 0 aliphatic rings. The van der Waals surface area contributed by atoms with E-state index in [9.17, 15) is 8.42 Å². The molecule has 3 N–H and O–H groups in total. The highest BCUT2D eigenvalue weighted by atomic mass is 32.2. The Morgan fingerprint density at radius 1 is 1.21 bits per heavy atom. The van der Waals surface area contributed by atoms with Crippen molar-refractivity contribution in [2.24, 2.45) is 0 Å². The second kappa shape index (κ2) is 5.74. The molecule has 1 aromatic carbocycles. The largest absolute Gasteiger partial charge is 0.344 e. The molecule has 80 valence electrons. The highest BCUT2D eigenvalue weighted by molar-refractivity contribution is 7.86. The highest BCUT2D eigenvalue weighted by Crippen LogP contribution is 2.10. The summed E-state index contributed by atoms with van der Waals surface area (Å²) in [6.45, 7) is 2.09. The molecule has 0 bridgehead atoms. The maximum Gasteiger partial charge on any atom is 0.296 e. The summed E-state index contributed by atoms with van der Waals surface area (Å²) in [5.74, 6) is 0. The summed E-state index contributed by atoms with van der Waals surface area (Å²) < 4.78 is 27.5. The van der Waals surface area contributed by atoms with Gasteiger partial charge in [0, 0.05) is 0 Å². The van der Waals surface area contributed by atoms with Gasteiger partial charge in [0.05, 0.1) is 11.5 Å². The molecule has 0 saturated carbocycles. The van der Waals surface area contributed by atoms with Crippen LogP contribution in [-0.4, -0.2) is 15.0 Å². The van der Waals surface area contributed by atoms with Crippen molar-refractivity contribution in [1.29, 1.82) is 0 Å². The molecular weight excluding hydrogens is 202 g/mol.